The van der Waals surface area contributed by atoms with Gasteiger partial charge in [0.05, 0.1) is 14.2 Å². The highest BCUT2D eigenvalue weighted by atomic mass is 16.5. The molecule has 1 aliphatic carbocycles. The van der Waals surface area contributed by atoms with E-state index < -0.39 is 0 Å². The normalized spacial score (nSPS) is 15.0. The first-order valence-corrected chi connectivity index (χ1v) is 7.44. The standard InChI is InChI=1S/C16H24N2O3/c1-20-14-8-7-12(11-15(14)21-2)16(19)18(10-9-17)13-5-3-4-6-13/h7-8,11,13H,3-6,9-10,17H2,1-2H3. The first-order valence-electron chi connectivity index (χ1n) is 7.44. The summed E-state index contributed by atoms with van der Waals surface area (Å²) in [6.45, 7) is 1.08. The molecule has 0 radical (unpaired) electrons. The van der Waals surface area contributed by atoms with Crippen molar-refractivity contribution in [3.8, 4) is 11.5 Å². The van der Waals surface area contributed by atoms with E-state index in [4.69, 9.17) is 15.2 Å². The minimum atomic E-state index is 0.0216. The van der Waals surface area contributed by atoms with Gasteiger partial charge in [0.15, 0.2) is 11.5 Å². The zero-order valence-electron chi connectivity index (χ0n) is 12.8. The minimum absolute atomic E-state index is 0.0216. The quantitative estimate of drug-likeness (QED) is 0.871. The van der Waals surface area contributed by atoms with Crippen LogP contribution in [-0.4, -0.2) is 44.2 Å². The molecule has 0 bridgehead atoms. The highest BCUT2D eigenvalue weighted by molar-refractivity contribution is 5.95. The second-order valence-corrected chi connectivity index (χ2v) is 5.30. The number of ether oxygens (including phenoxy) is 2. The zero-order valence-corrected chi connectivity index (χ0v) is 12.8. The Labute approximate surface area is 126 Å². The third-order valence-corrected chi connectivity index (χ3v) is 4.03. The number of hydrogen-bond donors (Lipinski definition) is 1. The molecule has 1 aromatic rings. The predicted octanol–water partition coefficient (Wildman–Crippen LogP) is 2.05. The lowest BCUT2D eigenvalue weighted by Crippen LogP contribution is -2.42. The van der Waals surface area contributed by atoms with E-state index >= 15 is 0 Å². The summed E-state index contributed by atoms with van der Waals surface area (Å²) in [6.07, 6.45) is 4.51. The van der Waals surface area contributed by atoms with E-state index in [1.165, 1.54) is 12.8 Å². The van der Waals surface area contributed by atoms with Gasteiger partial charge in [-0.15, -0.1) is 0 Å². The highest BCUT2D eigenvalue weighted by Crippen LogP contribution is 2.30. The topological polar surface area (TPSA) is 64.8 Å². The van der Waals surface area contributed by atoms with Crippen LogP contribution in [0.25, 0.3) is 0 Å². The number of carbonyl (C=O) groups is 1. The number of methoxy groups -OCH3 is 2. The van der Waals surface area contributed by atoms with Crippen molar-refractivity contribution in [1.82, 2.24) is 4.90 Å². The second-order valence-electron chi connectivity index (χ2n) is 5.30. The van der Waals surface area contributed by atoms with Crippen molar-refractivity contribution in [3.63, 3.8) is 0 Å². The lowest BCUT2D eigenvalue weighted by Gasteiger charge is -2.28. The van der Waals surface area contributed by atoms with Gasteiger partial charge in [-0.05, 0) is 31.0 Å². The van der Waals surface area contributed by atoms with E-state index in [0.717, 1.165) is 12.8 Å². The Bertz CT molecular complexity index is 484. The fraction of sp³-hybridized carbons (Fsp3) is 0.562. The second kappa shape index (κ2) is 7.31. The third-order valence-electron chi connectivity index (χ3n) is 4.03. The van der Waals surface area contributed by atoms with Crippen molar-refractivity contribution in [3.05, 3.63) is 23.8 Å². The molecule has 2 rings (SSSR count). The molecular formula is C16H24N2O3. The Balaban J connectivity index is 2.23. The fourth-order valence-electron chi connectivity index (χ4n) is 2.94. The summed E-state index contributed by atoms with van der Waals surface area (Å²) in [5.41, 5.74) is 6.29. The van der Waals surface area contributed by atoms with Gasteiger partial charge < -0.3 is 20.1 Å². The van der Waals surface area contributed by atoms with Crippen LogP contribution in [-0.2, 0) is 0 Å². The van der Waals surface area contributed by atoms with Crippen LogP contribution >= 0.6 is 0 Å². The first-order chi connectivity index (χ1) is 10.2. The van der Waals surface area contributed by atoms with E-state index in [-0.39, 0.29) is 5.91 Å². The molecule has 1 aliphatic rings. The van der Waals surface area contributed by atoms with Crippen molar-refractivity contribution in [2.45, 2.75) is 31.7 Å². The molecule has 0 unspecified atom stereocenters. The number of carbonyl (C=O) groups excluding carboxylic acids is 1. The molecule has 0 saturated heterocycles. The van der Waals surface area contributed by atoms with Crippen LogP contribution in [0.2, 0.25) is 0 Å². The zero-order chi connectivity index (χ0) is 15.2. The summed E-state index contributed by atoms with van der Waals surface area (Å²) >= 11 is 0. The molecule has 5 heteroatoms. The molecule has 2 N–H and O–H groups in total. The van der Waals surface area contributed by atoms with Crippen molar-refractivity contribution in [2.24, 2.45) is 5.73 Å². The molecular weight excluding hydrogens is 268 g/mol. The lowest BCUT2D eigenvalue weighted by atomic mass is 10.1. The average molecular weight is 292 g/mol. The first kappa shape index (κ1) is 15.6. The SMILES string of the molecule is COc1ccc(C(=O)N(CCN)C2CCCC2)cc1OC. The van der Waals surface area contributed by atoms with Gasteiger partial charge in [-0.3, -0.25) is 4.79 Å². The molecule has 21 heavy (non-hydrogen) atoms. The maximum Gasteiger partial charge on any atom is 0.254 e. The molecule has 1 amide bonds. The summed E-state index contributed by atoms with van der Waals surface area (Å²) < 4.78 is 10.5. The Kier molecular flexibility index (Phi) is 5.44. The Hall–Kier alpha value is -1.75. The molecule has 0 atom stereocenters. The van der Waals surface area contributed by atoms with Crippen molar-refractivity contribution in [1.29, 1.82) is 0 Å². The number of nitrogens with two attached hydrogens (primary N) is 1. The number of hydrogen-bond acceptors (Lipinski definition) is 4. The predicted molar refractivity (Wildman–Crippen MR) is 81.9 cm³/mol. The Morgan fingerprint density at radius 1 is 1.24 bits per heavy atom. The highest BCUT2D eigenvalue weighted by Gasteiger charge is 2.27. The van der Waals surface area contributed by atoms with Gasteiger partial charge >= 0.3 is 0 Å². The molecule has 5 nitrogen and oxygen atoms in total. The summed E-state index contributed by atoms with van der Waals surface area (Å²) in [5, 5.41) is 0. The van der Waals surface area contributed by atoms with Gasteiger partial charge in [-0.1, -0.05) is 12.8 Å². The van der Waals surface area contributed by atoms with Crippen LogP contribution in [0.3, 0.4) is 0 Å². The largest absolute Gasteiger partial charge is 0.493 e. The van der Waals surface area contributed by atoms with E-state index in [1.807, 2.05) is 4.90 Å². The molecule has 116 valence electrons. The molecule has 1 fully saturated rings. The fourth-order valence-corrected chi connectivity index (χ4v) is 2.94. The van der Waals surface area contributed by atoms with Crippen LogP contribution in [0.1, 0.15) is 36.0 Å². The van der Waals surface area contributed by atoms with Crippen LogP contribution < -0.4 is 15.2 Å². The van der Waals surface area contributed by atoms with Gasteiger partial charge in [0.25, 0.3) is 5.91 Å². The van der Waals surface area contributed by atoms with E-state index in [0.29, 0.717) is 36.2 Å². The molecule has 1 saturated carbocycles. The molecule has 0 aliphatic heterocycles. The summed E-state index contributed by atoms with van der Waals surface area (Å²) in [6, 6.07) is 5.59. The van der Waals surface area contributed by atoms with E-state index in [9.17, 15) is 4.79 Å². The van der Waals surface area contributed by atoms with Crippen molar-refractivity contribution < 1.29 is 14.3 Å². The number of benzene rings is 1. The molecule has 0 heterocycles. The van der Waals surface area contributed by atoms with Gasteiger partial charge in [0.1, 0.15) is 0 Å². The van der Waals surface area contributed by atoms with Crippen molar-refractivity contribution >= 4 is 5.91 Å². The van der Waals surface area contributed by atoms with E-state index in [1.54, 1.807) is 32.4 Å². The minimum Gasteiger partial charge on any atom is -0.493 e. The lowest BCUT2D eigenvalue weighted by molar-refractivity contribution is 0.0687. The summed E-state index contributed by atoms with van der Waals surface area (Å²) in [7, 11) is 3.15. The number of rotatable bonds is 6. The smallest absolute Gasteiger partial charge is 0.254 e. The Morgan fingerprint density at radius 3 is 2.48 bits per heavy atom. The van der Waals surface area contributed by atoms with E-state index in [2.05, 4.69) is 0 Å². The van der Waals surface area contributed by atoms with Crippen LogP contribution in [0.4, 0.5) is 0 Å². The number of amides is 1. The maximum absolute atomic E-state index is 12.8. The summed E-state index contributed by atoms with van der Waals surface area (Å²) in [5.74, 6) is 1.22. The monoisotopic (exact) mass is 292 g/mol. The molecule has 0 spiro atoms. The van der Waals surface area contributed by atoms with Gasteiger partial charge in [-0.2, -0.15) is 0 Å². The molecule has 1 aromatic carbocycles. The summed E-state index contributed by atoms with van der Waals surface area (Å²) in [4.78, 5) is 14.7. The average Bonchev–Trinajstić information content (AvgIpc) is 3.05. The Morgan fingerprint density at radius 2 is 1.90 bits per heavy atom. The van der Waals surface area contributed by atoms with Gasteiger partial charge in [0.2, 0.25) is 0 Å². The third kappa shape index (κ3) is 3.47. The van der Waals surface area contributed by atoms with Crippen LogP contribution in [0.15, 0.2) is 18.2 Å². The number of nitrogens with zero attached hydrogens (tertiary/aromatic N) is 1. The molecule has 0 aromatic heterocycles. The van der Waals surface area contributed by atoms with Crippen LogP contribution in [0, 0.1) is 0 Å². The van der Waals surface area contributed by atoms with Gasteiger partial charge in [-0.25, -0.2) is 0 Å². The maximum atomic E-state index is 12.8. The van der Waals surface area contributed by atoms with Crippen molar-refractivity contribution in [2.75, 3.05) is 27.3 Å². The van der Waals surface area contributed by atoms with Crippen LogP contribution in [0.5, 0.6) is 11.5 Å². The van der Waals surface area contributed by atoms with Gasteiger partial charge in [0, 0.05) is 24.7 Å².